The maximum Gasteiger partial charge on any atom is 0.0693 e. The highest BCUT2D eigenvalue weighted by atomic mass is 16.3. The molecule has 3 heteroatoms. The van der Waals surface area contributed by atoms with Crippen LogP contribution in [-0.4, -0.2) is 47.8 Å². The molecule has 1 heterocycles. The number of likely N-dealkylation sites (tertiary alicyclic amines) is 1. The van der Waals surface area contributed by atoms with Crippen LogP contribution in [0.2, 0.25) is 0 Å². The van der Waals surface area contributed by atoms with E-state index in [9.17, 15) is 5.11 Å². The predicted octanol–water partition coefficient (Wildman–Crippen LogP) is 0.192. The minimum atomic E-state index is -0.0822. The third-order valence-electron chi connectivity index (χ3n) is 3.57. The number of hydrogen-bond donors (Lipinski definition) is 2. The van der Waals surface area contributed by atoms with Gasteiger partial charge in [0, 0.05) is 24.7 Å². The van der Waals surface area contributed by atoms with Gasteiger partial charge in [-0.15, -0.1) is 0 Å². The lowest BCUT2D eigenvalue weighted by molar-refractivity contribution is 0.0445. The summed E-state index contributed by atoms with van der Waals surface area (Å²) in [6.45, 7) is 3.39. The topological polar surface area (TPSA) is 35.5 Å². The molecule has 2 fully saturated rings. The Morgan fingerprint density at radius 3 is 2.54 bits per heavy atom. The second-order valence-electron chi connectivity index (χ2n) is 4.64. The molecule has 2 unspecified atom stereocenters. The maximum atomic E-state index is 9.42. The van der Waals surface area contributed by atoms with E-state index in [1.807, 2.05) is 0 Å². The standard InChI is InChI=1S/C10H20N2O/c1-7-5-8(6-12(7)2)11-9-3-4-10(9)13/h7-11,13H,3-6H2,1-2H3/t7?,8?,9-,10-/m1/s1. The average Bonchev–Trinajstić information content (AvgIpc) is 2.40. The van der Waals surface area contributed by atoms with Gasteiger partial charge in [-0.3, -0.25) is 0 Å². The Labute approximate surface area is 80.1 Å². The molecule has 0 radical (unpaired) electrons. The van der Waals surface area contributed by atoms with Gasteiger partial charge in [-0.1, -0.05) is 0 Å². The van der Waals surface area contributed by atoms with Crippen LogP contribution in [0.15, 0.2) is 0 Å². The Bertz CT molecular complexity index is 176. The second kappa shape index (κ2) is 3.56. The third kappa shape index (κ3) is 1.87. The van der Waals surface area contributed by atoms with E-state index in [-0.39, 0.29) is 6.10 Å². The third-order valence-corrected chi connectivity index (χ3v) is 3.57. The molecule has 1 saturated heterocycles. The van der Waals surface area contributed by atoms with Crippen molar-refractivity contribution in [2.24, 2.45) is 0 Å². The zero-order valence-electron chi connectivity index (χ0n) is 8.53. The lowest BCUT2D eigenvalue weighted by Gasteiger charge is -2.35. The number of nitrogens with zero attached hydrogens (tertiary/aromatic N) is 1. The number of aliphatic hydroxyl groups excluding tert-OH is 1. The molecule has 1 aliphatic heterocycles. The number of hydrogen-bond acceptors (Lipinski definition) is 3. The molecule has 76 valence electrons. The summed E-state index contributed by atoms with van der Waals surface area (Å²) in [6, 6.07) is 1.67. The van der Waals surface area contributed by atoms with Gasteiger partial charge in [-0.25, -0.2) is 0 Å². The Morgan fingerprint density at radius 2 is 2.15 bits per heavy atom. The van der Waals surface area contributed by atoms with Gasteiger partial charge >= 0.3 is 0 Å². The number of aliphatic hydroxyl groups is 1. The van der Waals surface area contributed by atoms with Gasteiger partial charge in [0.05, 0.1) is 6.10 Å². The van der Waals surface area contributed by atoms with Crippen LogP contribution in [0, 0.1) is 0 Å². The van der Waals surface area contributed by atoms with Crippen molar-refractivity contribution in [1.82, 2.24) is 10.2 Å². The van der Waals surface area contributed by atoms with Crippen LogP contribution in [0.3, 0.4) is 0 Å². The van der Waals surface area contributed by atoms with E-state index in [1.165, 1.54) is 6.42 Å². The molecule has 1 saturated carbocycles. The fourth-order valence-electron chi connectivity index (χ4n) is 2.29. The van der Waals surface area contributed by atoms with Gasteiger partial charge in [0.1, 0.15) is 0 Å². The van der Waals surface area contributed by atoms with Crippen LogP contribution in [0.25, 0.3) is 0 Å². The summed E-state index contributed by atoms with van der Waals surface area (Å²) < 4.78 is 0. The Hall–Kier alpha value is -0.120. The van der Waals surface area contributed by atoms with Crippen LogP contribution in [-0.2, 0) is 0 Å². The molecule has 0 spiro atoms. The molecular formula is C10H20N2O. The first-order valence-corrected chi connectivity index (χ1v) is 5.31. The average molecular weight is 184 g/mol. The molecule has 0 aromatic rings. The largest absolute Gasteiger partial charge is 0.392 e. The van der Waals surface area contributed by atoms with Gasteiger partial charge in [0.2, 0.25) is 0 Å². The summed E-state index contributed by atoms with van der Waals surface area (Å²) in [4.78, 5) is 2.38. The lowest BCUT2D eigenvalue weighted by Crippen LogP contribution is -2.52. The molecule has 1 aliphatic carbocycles. The van der Waals surface area contributed by atoms with Gasteiger partial charge in [-0.2, -0.15) is 0 Å². The van der Waals surface area contributed by atoms with Crippen molar-refractivity contribution in [3.8, 4) is 0 Å². The summed E-state index contributed by atoms with van der Waals surface area (Å²) in [5, 5.41) is 13.0. The van der Waals surface area contributed by atoms with Crippen LogP contribution in [0.5, 0.6) is 0 Å². The lowest BCUT2D eigenvalue weighted by atomic mass is 9.88. The van der Waals surface area contributed by atoms with E-state index in [0.717, 1.165) is 19.4 Å². The molecule has 2 aliphatic rings. The minimum Gasteiger partial charge on any atom is -0.392 e. The van der Waals surface area contributed by atoms with Crippen molar-refractivity contribution < 1.29 is 5.11 Å². The predicted molar refractivity (Wildman–Crippen MR) is 52.7 cm³/mol. The molecule has 0 amide bonds. The Kier molecular flexibility index (Phi) is 2.58. The molecule has 0 aromatic heterocycles. The summed E-state index contributed by atoms with van der Waals surface area (Å²) in [7, 11) is 2.17. The minimum absolute atomic E-state index is 0.0822. The molecule has 0 bridgehead atoms. The van der Waals surface area contributed by atoms with Crippen molar-refractivity contribution in [2.45, 2.75) is 50.4 Å². The number of likely N-dealkylation sites (N-methyl/N-ethyl adjacent to an activating group) is 1. The van der Waals surface area contributed by atoms with Gasteiger partial charge in [0.25, 0.3) is 0 Å². The monoisotopic (exact) mass is 184 g/mol. The summed E-state index contributed by atoms with van der Waals surface area (Å²) in [6.07, 6.45) is 3.27. The highest BCUT2D eigenvalue weighted by Gasteiger charge is 2.33. The van der Waals surface area contributed by atoms with Crippen LogP contribution < -0.4 is 5.32 Å². The van der Waals surface area contributed by atoms with Crippen molar-refractivity contribution in [3.63, 3.8) is 0 Å². The van der Waals surface area contributed by atoms with Crippen LogP contribution in [0.4, 0.5) is 0 Å². The van der Waals surface area contributed by atoms with Crippen molar-refractivity contribution in [2.75, 3.05) is 13.6 Å². The molecule has 3 nitrogen and oxygen atoms in total. The van der Waals surface area contributed by atoms with Crippen LogP contribution in [0.1, 0.15) is 26.2 Å². The molecule has 13 heavy (non-hydrogen) atoms. The summed E-state index contributed by atoms with van der Waals surface area (Å²) in [5.41, 5.74) is 0. The number of rotatable bonds is 2. The zero-order chi connectivity index (χ0) is 9.42. The van der Waals surface area contributed by atoms with Crippen LogP contribution >= 0.6 is 0 Å². The zero-order valence-corrected chi connectivity index (χ0v) is 8.53. The molecule has 0 aromatic carbocycles. The second-order valence-corrected chi connectivity index (χ2v) is 4.64. The first-order valence-electron chi connectivity index (χ1n) is 5.31. The summed E-state index contributed by atoms with van der Waals surface area (Å²) >= 11 is 0. The highest BCUT2D eigenvalue weighted by molar-refractivity contribution is 4.93. The molecule has 4 atom stereocenters. The van der Waals surface area contributed by atoms with Gasteiger partial charge in [-0.05, 0) is 33.2 Å². The van der Waals surface area contributed by atoms with E-state index in [2.05, 4.69) is 24.2 Å². The van der Waals surface area contributed by atoms with Gasteiger partial charge in [0.15, 0.2) is 0 Å². The highest BCUT2D eigenvalue weighted by Crippen LogP contribution is 2.23. The van der Waals surface area contributed by atoms with Gasteiger partial charge < -0.3 is 15.3 Å². The maximum absolute atomic E-state index is 9.42. The van der Waals surface area contributed by atoms with E-state index in [4.69, 9.17) is 0 Å². The normalized spacial score (nSPS) is 46.4. The first-order chi connectivity index (χ1) is 6.16. The molecule has 2 N–H and O–H groups in total. The quantitative estimate of drug-likeness (QED) is 0.643. The smallest absolute Gasteiger partial charge is 0.0693 e. The number of nitrogens with one attached hydrogen (secondary N) is 1. The SMILES string of the molecule is CC1CC(N[C@@H]2CC[C@H]2O)CN1C. The van der Waals surface area contributed by atoms with Crippen molar-refractivity contribution in [1.29, 1.82) is 0 Å². The van der Waals surface area contributed by atoms with E-state index in [1.54, 1.807) is 0 Å². The van der Waals surface area contributed by atoms with E-state index < -0.39 is 0 Å². The van der Waals surface area contributed by atoms with Crippen molar-refractivity contribution >= 4 is 0 Å². The fraction of sp³-hybridized carbons (Fsp3) is 1.00. The molecular weight excluding hydrogens is 164 g/mol. The summed E-state index contributed by atoms with van der Waals surface area (Å²) in [5.74, 6) is 0. The van der Waals surface area contributed by atoms with E-state index in [0.29, 0.717) is 18.1 Å². The Balaban J connectivity index is 1.77. The Morgan fingerprint density at radius 1 is 1.38 bits per heavy atom. The van der Waals surface area contributed by atoms with E-state index >= 15 is 0 Å². The molecule has 2 rings (SSSR count). The first kappa shape index (κ1) is 9.44. The fourth-order valence-corrected chi connectivity index (χ4v) is 2.29. The van der Waals surface area contributed by atoms with Crippen molar-refractivity contribution in [3.05, 3.63) is 0 Å².